The molecule has 2 aromatic carbocycles. The first-order valence-electron chi connectivity index (χ1n) is 8.59. The van der Waals surface area contributed by atoms with Gasteiger partial charge in [0.1, 0.15) is 5.75 Å². The molecule has 0 atom stereocenters. The van der Waals surface area contributed by atoms with E-state index in [2.05, 4.69) is 45.1 Å². The van der Waals surface area contributed by atoms with Gasteiger partial charge in [-0.25, -0.2) is 0 Å². The molecule has 0 saturated carbocycles. The standard InChI is InChI=1S/C20H23BrN2O3/c1-22(20(24)18-13-17(25-2)7-8-19(18)21)14-15-3-5-16(6-4-15)23-9-11-26-12-10-23/h3-8,13H,9-12,14H2,1-2H3. The summed E-state index contributed by atoms with van der Waals surface area (Å²) < 4.78 is 11.4. The van der Waals surface area contributed by atoms with Gasteiger partial charge >= 0.3 is 0 Å². The van der Waals surface area contributed by atoms with Crippen molar-refractivity contribution in [2.75, 3.05) is 45.4 Å². The summed E-state index contributed by atoms with van der Waals surface area (Å²) in [5.74, 6) is 0.618. The fourth-order valence-corrected chi connectivity index (χ4v) is 3.40. The number of anilines is 1. The van der Waals surface area contributed by atoms with Crippen molar-refractivity contribution in [2.45, 2.75) is 6.54 Å². The van der Waals surface area contributed by atoms with E-state index in [-0.39, 0.29) is 5.91 Å². The molecule has 26 heavy (non-hydrogen) atoms. The number of morpholine rings is 1. The first kappa shape index (κ1) is 18.7. The molecule has 5 nitrogen and oxygen atoms in total. The lowest BCUT2D eigenvalue weighted by Crippen LogP contribution is -2.36. The number of ether oxygens (including phenoxy) is 2. The Kier molecular flexibility index (Phi) is 6.16. The first-order valence-corrected chi connectivity index (χ1v) is 9.38. The molecule has 0 radical (unpaired) electrons. The minimum absolute atomic E-state index is 0.0481. The number of nitrogens with zero attached hydrogens (tertiary/aromatic N) is 2. The van der Waals surface area contributed by atoms with Gasteiger partial charge in [0.25, 0.3) is 5.91 Å². The van der Waals surface area contributed by atoms with E-state index >= 15 is 0 Å². The highest BCUT2D eigenvalue weighted by atomic mass is 79.9. The van der Waals surface area contributed by atoms with Crippen LogP contribution in [0.5, 0.6) is 5.75 Å². The fraction of sp³-hybridized carbons (Fsp3) is 0.350. The lowest BCUT2D eigenvalue weighted by molar-refractivity contribution is 0.0784. The lowest BCUT2D eigenvalue weighted by Gasteiger charge is -2.29. The van der Waals surface area contributed by atoms with Gasteiger partial charge in [0.05, 0.1) is 25.9 Å². The number of rotatable bonds is 5. The number of methoxy groups -OCH3 is 1. The zero-order valence-electron chi connectivity index (χ0n) is 15.1. The quantitative estimate of drug-likeness (QED) is 0.744. The monoisotopic (exact) mass is 418 g/mol. The van der Waals surface area contributed by atoms with Crippen LogP contribution in [0.4, 0.5) is 5.69 Å². The topological polar surface area (TPSA) is 42.0 Å². The fourth-order valence-electron chi connectivity index (χ4n) is 2.98. The molecule has 1 aliphatic heterocycles. The summed E-state index contributed by atoms with van der Waals surface area (Å²) in [6.45, 7) is 3.93. The van der Waals surface area contributed by atoms with Gasteiger partial charge in [-0.3, -0.25) is 4.79 Å². The molecule has 0 unspecified atom stereocenters. The van der Waals surface area contributed by atoms with Crippen LogP contribution in [-0.2, 0) is 11.3 Å². The van der Waals surface area contributed by atoms with Crippen molar-refractivity contribution in [1.82, 2.24) is 4.90 Å². The van der Waals surface area contributed by atoms with Gasteiger partial charge in [0.2, 0.25) is 0 Å². The van der Waals surface area contributed by atoms with Crippen LogP contribution in [0.2, 0.25) is 0 Å². The van der Waals surface area contributed by atoms with Crippen molar-refractivity contribution >= 4 is 27.5 Å². The number of amides is 1. The van der Waals surface area contributed by atoms with Crippen molar-refractivity contribution in [1.29, 1.82) is 0 Å². The van der Waals surface area contributed by atoms with Gasteiger partial charge in [-0.15, -0.1) is 0 Å². The maximum Gasteiger partial charge on any atom is 0.255 e. The van der Waals surface area contributed by atoms with E-state index in [1.807, 2.05) is 19.2 Å². The maximum atomic E-state index is 12.8. The van der Waals surface area contributed by atoms with Gasteiger partial charge in [-0.05, 0) is 51.8 Å². The zero-order chi connectivity index (χ0) is 18.5. The van der Waals surface area contributed by atoms with Crippen molar-refractivity contribution in [3.8, 4) is 5.75 Å². The molecule has 1 heterocycles. The molecule has 1 saturated heterocycles. The average Bonchev–Trinajstić information content (AvgIpc) is 2.69. The van der Waals surface area contributed by atoms with Crippen LogP contribution < -0.4 is 9.64 Å². The van der Waals surface area contributed by atoms with Gasteiger partial charge < -0.3 is 19.3 Å². The predicted molar refractivity (Wildman–Crippen MR) is 106 cm³/mol. The number of carbonyl (C=O) groups is 1. The Bertz CT molecular complexity index is 758. The average molecular weight is 419 g/mol. The molecule has 1 aliphatic rings. The second-order valence-corrected chi connectivity index (χ2v) is 7.13. The molecule has 0 bridgehead atoms. The Morgan fingerprint density at radius 1 is 1.19 bits per heavy atom. The second-order valence-electron chi connectivity index (χ2n) is 6.27. The summed E-state index contributed by atoms with van der Waals surface area (Å²) in [4.78, 5) is 16.8. The Morgan fingerprint density at radius 2 is 1.88 bits per heavy atom. The third kappa shape index (κ3) is 4.37. The molecule has 0 N–H and O–H groups in total. The normalized spacial score (nSPS) is 14.2. The summed E-state index contributed by atoms with van der Waals surface area (Å²) in [6, 6.07) is 13.8. The molecule has 0 spiro atoms. The highest BCUT2D eigenvalue weighted by Crippen LogP contribution is 2.24. The lowest BCUT2D eigenvalue weighted by atomic mass is 10.1. The van der Waals surface area contributed by atoms with Crippen molar-refractivity contribution in [3.05, 3.63) is 58.1 Å². The molecule has 138 valence electrons. The van der Waals surface area contributed by atoms with E-state index in [0.29, 0.717) is 17.9 Å². The number of halogens is 1. The molecule has 0 aliphatic carbocycles. The SMILES string of the molecule is COc1ccc(Br)c(C(=O)N(C)Cc2ccc(N3CCOCC3)cc2)c1. The minimum Gasteiger partial charge on any atom is -0.497 e. The van der Waals surface area contributed by atoms with E-state index in [0.717, 1.165) is 36.3 Å². The van der Waals surface area contributed by atoms with Crippen LogP contribution in [0, 0.1) is 0 Å². The van der Waals surface area contributed by atoms with Crippen LogP contribution in [-0.4, -0.2) is 51.3 Å². The summed E-state index contributed by atoms with van der Waals surface area (Å²) in [7, 11) is 3.40. The molecule has 1 fully saturated rings. The van der Waals surface area contributed by atoms with Crippen LogP contribution in [0.1, 0.15) is 15.9 Å². The highest BCUT2D eigenvalue weighted by Gasteiger charge is 2.17. The molecule has 3 rings (SSSR count). The van der Waals surface area contributed by atoms with Crippen molar-refractivity contribution < 1.29 is 14.3 Å². The number of hydrogen-bond acceptors (Lipinski definition) is 4. The van der Waals surface area contributed by atoms with Crippen LogP contribution in [0.25, 0.3) is 0 Å². The van der Waals surface area contributed by atoms with Crippen molar-refractivity contribution in [3.63, 3.8) is 0 Å². The number of carbonyl (C=O) groups excluding carboxylic acids is 1. The maximum absolute atomic E-state index is 12.8. The first-order chi connectivity index (χ1) is 12.6. The predicted octanol–water partition coefficient (Wildman–Crippen LogP) is 3.57. The Labute approximate surface area is 162 Å². The molecule has 6 heteroatoms. The third-order valence-electron chi connectivity index (χ3n) is 4.48. The van der Waals surface area contributed by atoms with E-state index in [9.17, 15) is 4.79 Å². The summed E-state index contributed by atoms with van der Waals surface area (Å²) in [5, 5.41) is 0. The third-order valence-corrected chi connectivity index (χ3v) is 5.17. The van der Waals surface area contributed by atoms with E-state index in [1.54, 1.807) is 18.1 Å². The summed E-state index contributed by atoms with van der Waals surface area (Å²) in [5.41, 5.74) is 2.88. The van der Waals surface area contributed by atoms with Gasteiger partial charge in [-0.1, -0.05) is 12.1 Å². The Hall–Kier alpha value is -2.05. The van der Waals surface area contributed by atoms with Gasteiger partial charge in [-0.2, -0.15) is 0 Å². The van der Waals surface area contributed by atoms with Crippen LogP contribution in [0.3, 0.4) is 0 Å². The Morgan fingerprint density at radius 3 is 2.54 bits per heavy atom. The Balaban J connectivity index is 1.67. The number of hydrogen-bond donors (Lipinski definition) is 0. The smallest absolute Gasteiger partial charge is 0.255 e. The molecular weight excluding hydrogens is 396 g/mol. The van der Waals surface area contributed by atoms with Gasteiger partial charge in [0.15, 0.2) is 0 Å². The molecule has 1 amide bonds. The van der Waals surface area contributed by atoms with Crippen molar-refractivity contribution in [2.24, 2.45) is 0 Å². The zero-order valence-corrected chi connectivity index (χ0v) is 16.7. The van der Waals surface area contributed by atoms with Crippen LogP contribution >= 0.6 is 15.9 Å². The minimum atomic E-state index is -0.0481. The summed E-state index contributed by atoms with van der Waals surface area (Å²) >= 11 is 3.45. The molecule has 2 aromatic rings. The summed E-state index contributed by atoms with van der Waals surface area (Å²) in [6.07, 6.45) is 0. The molecular formula is C20H23BrN2O3. The van der Waals surface area contributed by atoms with Gasteiger partial charge in [0, 0.05) is 36.8 Å². The highest BCUT2D eigenvalue weighted by molar-refractivity contribution is 9.10. The number of benzene rings is 2. The largest absolute Gasteiger partial charge is 0.497 e. The van der Waals surface area contributed by atoms with E-state index in [4.69, 9.17) is 9.47 Å². The van der Waals surface area contributed by atoms with E-state index in [1.165, 1.54) is 5.69 Å². The van der Waals surface area contributed by atoms with Crippen LogP contribution in [0.15, 0.2) is 46.9 Å². The molecule has 0 aromatic heterocycles. The second kappa shape index (κ2) is 8.56. The van der Waals surface area contributed by atoms with E-state index < -0.39 is 0 Å².